The van der Waals surface area contributed by atoms with Crippen LogP contribution >= 0.6 is 0 Å². The molecule has 2 N–H and O–H groups in total. The Balaban J connectivity index is 1.78. The van der Waals surface area contributed by atoms with Crippen molar-refractivity contribution < 1.29 is 14.3 Å². The Morgan fingerprint density at radius 1 is 1.53 bits per heavy atom. The zero-order valence-corrected chi connectivity index (χ0v) is 10.2. The van der Waals surface area contributed by atoms with E-state index in [-0.39, 0.29) is 11.6 Å². The van der Waals surface area contributed by atoms with Crippen molar-refractivity contribution in [2.75, 3.05) is 11.9 Å². The number of nitrogens with zero attached hydrogens (tertiary/aromatic N) is 2. The number of pyridine rings is 1. The number of hydrogen-bond acceptors (Lipinski definition) is 5. The summed E-state index contributed by atoms with van der Waals surface area (Å²) in [5, 5.41) is 12.1. The highest BCUT2D eigenvalue weighted by molar-refractivity contribution is 5.85. The number of anilines is 1. The minimum absolute atomic E-state index is 0.0979. The number of aromatic carboxylic acids is 1. The maximum atomic E-state index is 10.7. The van der Waals surface area contributed by atoms with Crippen molar-refractivity contribution in [2.24, 2.45) is 5.92 Å². The molecule has 0 aromatic carbocycles. The molecule has 2 heterocycles. The largest absolute Gasteiger partial charge is 0.476 e. The molecular weight excluding hydrogens is 246 g/mol. The molecule has 0 spiro atoms. The second kappa shape index (κ2) is 4.72. The Morgan fingerprint density at radius 2 is 2.37 bits per heavy atom. The predicted molar refractivity (Wildman–Crippen MR) is 67.9 cm³/mol. The van der Waals surface area contributed by atoms with Crippen LogP contribution in [-0.2, 0) is 0 Å². The van der Waals surface area contributed by atoms with Gasteiger partial charge in [0.2, 0.25) is 5.89 Å². The quantitative estimate of drug-likeness (QED) is 0.856. The summed E-state index contributed by atoms with van der Waals surface area (Å²) in [6.45, 7) is 0.919. The van der Waals surface area contributed by atoms with Gasteiger partial charge in [-0.3, -0.25) is 0 Å². The van der Waals surface area contributed by atoms with Crippen LogP contribution in [0.2, 0.25) is 0 Å². The summed E-state index contributed by atoms with van der Waals surface area (Å²) in [5.74, 6) is 0.690. The minimum atomic E-state index is -1.10. The summed E-state index contributed by atoms with van der Waals surface area (Å²) in [5.41, 5.74) is 0.611. The summed E-state index contributed by atoms with van der Waals surface area (Å²) in [4.78, 5) is 18.9. The number of rotatable bonds is 5. The molecule has 19 heavy (non-hydrogen) atoms. The van der Waals surface area contributed by atoms with E-state index in [9.17, 15) is 4.79 Å². The van der Waals surface area contributed by atoms with E-state index in [1.54, 1.807) is 18.3 Å². The number of hydrogen-bond donors (Lipinski definition) is 2. The van der Waals surface area contributed by atoms with Crippen molar-refractivity contribution in [3.63, 3.8) is 0 Å². The summed E-state index contributed by atoms with van der Waals surface area (Å²) in [6.07, 6.45) is 5.33. The van der Waals surface area contributed by atoms with Crippen LogP contribution in [0.25, 0.3) is 11.5 Å². The van der Waals surface area contributed by atoms with Crippen LogP contribution in [0.4, 0.5) is 5.82 Å². The van der Waals surface area contributed by atoms with Gasteiger partial charge in [0.25, 0.3) is 0 Å². The lowest BCUT2D eigenvalue weighted by Crippen LogP contribution is -2.04. The number of carbonyl (C=O) groups is 1. The van der Waals surface area contributed by atoms with Crippen molar-refractivity contribution >= 4 is 11.8 Å². The Hall–Kier alpha value is -2.37. The van der Waals surface area contributed by atoms with Gasteiger partial charge in [-0.05, 0) is 30.9 Å². The number of carboxylic acids is 1. The summed E-state index contributed by atoms with van der Waals surface area (Å²) in [6, 6.07) is 3.54. The van der Waals surface area contributed by atoms with Crippen LogP contribution < -0.4 is 5.32 Å². The van der Waals surface area contributed by atoms with Gasteiger partial charge in [-0.2, -0.15) is 0 Å². The third-order valence-electron chi connectivity index (χ3n) is 3.00. The molecule has 1 saturated carbocycles. The molecule has 0 aliphatic heterocycles. The van der Waals surface area contributed by atoms with E-state index in [1.165, 1.54) is 12.8 Å². The molecule has 0 saturated heterocycles. The van der Waals surface area contributed by atoms with Gasteiger partial charge < -0.3 is 14.8 Å². The maximum Gasteiger partial charge on any atom is 0.357 e. The van der Waals surface area contributed by atoms with Gasteiger partial charge in [-0.15, -0.1) is 0 Å². The average molecular weight is 259 g/mol. The first-order valence-electron chi connectivity index (χ1n) is 6.11. The van der Waals surface area contributed by atoms with Gasteiger partial charge in [0.1, 0.15) is 12.1 Å². The molecule has 3 rings (SSSR count). The monoisotopic (exact) mass is 259 g/mol. The molecular formula is C13H13N3O3. The number of oxazole rings is 1. The van der Waals surface area contributed by atoms with E-state index in [0.717, 1.165) is 24.5 Å². The molecule has 2 aromatic heterocycles. The summed E-state index contributed by atoms with van der Waals surface area (Å²) >= 11 is 0. The SMILES string of the molecule is O=C(O)c1coc(-c2ccnc(NCC3CC3)c2)n1. The molecule has 6 heteroatoms. The van der Waals surface area contributed by atoms with E-state index in [0.29, 0.717) is 5.56 Å². The average Bonchev–Trinajstić information content (AvgIpc) is 3.10. The van der Waals surface area contributed by atoms with Gasteiger partial charge in [0.05, 0.1) is 0 Å². The zero-order chi connectivity index (χ0) is 13.2. The van der Waals surface area contributed by atoms with Crippen molar-refractivity contribution in [3.8, 4) is 11.5 Å². The van der Waals surface area contributed by atoms with Crippen LogP contribution in [0, 0.1) is 5.92 Å². The Bertz CT molecular complexity index is 605. The second-order valence-electron chi connectivity index (χ2n) is 4.60. The first-order chi connectivity index (χ1) is 9.22. The lowest BCUT2D eigenvalue weighted by atomic mass is 10.2. The minimum Gasteiger partial charge on any atom is -0.476 e. The summed E-state index contributed by atoms with van der Waals surface area (Å²) < 4.78 is 5.16. The summed E-state index contributed by atoms with van der Waals surface area (Å²) in [7, 11) is 0. The lowest BCUT2D eigenvalue weighted by molar-refractivity contribution is 0.0690. The fourth-order valence-corrected chi connectivity index (χ4v) is 1.74. The number of aromatic nitrogens is 2. The van der Waals surface area contributed by atoms with Gasteiger partial charge in [0, 0.05) is 18.3 Å². The van der Waals surface area contributed by atoms with E-state index in [4.69, 9.17) is 9.52 Å². The molecule has 1 fully saturated rings. The van der Waals surface area contributed by atoms with Crippen LogP contribution in [0.15, 0.2) is 29.0 Å². The molecule has 1 aliphatic carbocycles. The van der Waals surface area contributed by atoms with Gasteiger partial charge >= 0.3 is 5.97 Å². The second-order valence-corrected chi connectivity index (χ2v) is 4.60. The first kappa shape index (κ1) is 11.7. The molecule has 0 unspecified atom stereocenters. The van der Waals surface area contributed by atoms with E-state index in [1.807, 2.05) is 0 Å². The molecule has 0 atom stereocenters. The molecule has 1 aliphatic rings. The van der Waals surface area contributed by atoms with Crippen LogP contribution in [0.1, 0.15) is 23.3 Å². The fourth-order valence-electron chi connectivity index (χ4n) is 1.74. The third-order valence-corrected chi connectivity index (χ3v) is 3.00. The molecule has 98 valence electrons. The van der Waals surface area contributed by atoms with E-state index < -0.39 is 5.97 Å². The van der Waals surface area contributed by atoms with Gasteiger partial charge in [-0.25, -0.2) is 14.8 Å². The number of nitrogens with one attached hydrogen (secondary N) is 1. The number of carboxylic acid groups (broad SMARTS) is 1. The van der Waals surface area contributed by atoms with Gasteiger partial charge in [-0.1, -0.05) is 0 Å². The fraction of sp³-hybridized carbons (Fsp3) is 0.308. The highest BCUT2D eigenvalue weighted by atomic mass is 16.4. The van der Waals surface area contributed by atoms with E-state index in [2.05, 4.69) is 15.3 Å². The van der Waals surface area contributed by atoms with Crippen molar-refractivity contribution in [1.82, 2.24) is 9.97 Å². The highest BCUT2D eigenvalue weighted by Gasteiger charge is 2.20. The normalized spacial score (nSPS) is 14.3. The van der Waals surface area contributed by atoms with Crippen LogP contribution in [0.5, 0.6) is 0 Å². The molecule has 0 amide bonds. The molecule has 6 nitrogen and oxygen atoms in total. The zero-order valence-electron chi connectivity index (χ0n) is 10.2. The van der Waals surface area contributed by atoms with E-state index >= 15 is 0 Å². The highest BCUT2D eigenvalue weighted by Crippen LogP contribution is 2.29. The van der Waals surface area contributed by atoms with Crippen molar-refractivity contribution in [3.05, 3.63) is 30.3 Å². The maximum absolute atomic E-state index is 10.7. The third kappa shape index (κ3) is 2.73. The van der Waals surface area contributed by atoms with Crippen LogP contribution in [-0.4, -0.2) is 27.6 Å². The predicted octanol–water partition coefficient (Wildman–Crippen LogP) is 2.26. The molecule has 0 radical (unpaired) electrons. The van der Waals surface area contributed by atoms with Crippen molar-refractivity contribution in [1.29, 1.82) is 0 Å². The van der Waals surface area contributed by atoms with Crippen molar-refractivity contribution in [2.45, 2.75) is 12.8 Å². The standard InChI is InChI=1S/C13H13N3O3/c17-13(18)10-7-19-12(16-10)9-3-4-14-11(5-9)15-6-8-1-2-8/h3-5,7-8H,1-2,6H2,(H,14,15)(H,17,18). The molecule has 2 aromatic rings. The Labute approximate surface area is 109 Å². The molecule has 0 bridgehead atoms. The van der Waals surface area contributed by atoms with Crippen LogP contribution in [0.3, 0.4) is 0 Å². The smallest absolute Gasteiger partial charge is 0.357 e. The Kier molecular flexibility index (Phi) is 2.91. The first-order valence-corrected chi connectivity index (χ1v) is 6.11. The topological polar surface area (TPSA) is 88.2 Å². The lowest BCUT2D eigenvalue weighted by Gasteiger charge is -2.04. The van der Waals surface area contributed by atoms with Gasteiger partial charge in [0.15, 0.2) is 5.69 Å². The Morgan fingerprint density at radius 3 is 3.05 bits per heavy atom.